The molecule has 18 heavy (non-hydrogen) atoms. The summed E-state index contributed by atoms with van der Waals surface area (Å²) in [7, 11) is 0. The molecule has 5 heteroatoms. The highest BCUT2D eigenvalue weighted by Crippen LogP contribution is 2.38. The lowest BCUT2D eigenvalue weighted by molar-refractivity contribution is 0.167. The maximum absolute atomic E-state index is 12.1. The number of hydrogen-bond donors (Lipinski definition) is 1. The Hall–Kier alpha value is -1.07. The smallest absolute Gasteiger partial charge is 0.415 e. The molecule has 2 fully saturated rings. The van der Waals surface area contributed by atoms with Crippen molar-refractivity contribution in [1.82, 2.24) is 5.32 Å². The number of anilines is 1. The van der Waals surface area contributed by atoms with Gasteiger partial charge in [0, 0.05) is 11.0 Å². The highest BCUT2D eigenvalue weighted by atomic mass is 79.9. The molecular weight excluding hydrogens is 296 g/mol. The van der Waals surface area contributed by atoms with Crippen molar-refractivity contribution < 1.29 is 9.53 Å². The van der Waals surface area contributed by atoms with E-state index in [4.69, 9.17) is 4.74 Å². The first-order valence-corrected chi connectivity index (χ1v) is 6.94. The van der Waals surface area contributed by atoms with Crippen LogP contribution in [0.5, 0.6) is 0 Å². The Labute approximate surface area is 114 Å². The number of piperidine rings is 1. The molecule has 0 radical (unpaired) electrons. The maximum Gasteiger partial charge on any atom is 0.415 e. The van der Waals surface area contributed by atoms with Crippen molar-refractivity contribution in [3.8, 4) is 0 Å². The van der Waals surface area contributed by atoms with Crippen LogP contribution in [0, 0.1) is 0 Å². The second-order valence-corrected chi connectivity index (χ2v) is 5.70. The Kier molecular flexibility index (Phi) is 3.03. The van der Waals surface area contributed by atoms with E-state index < -0.39 is 0 Å². The minimum absolute atomic E-state index is 0.223. The number of amides is 1. The molecule has 1 atom stereocenters. The van der Waals surface area contributed by atoms with Crippen LogP contribution in [-0.2, 0) is 4.74 Å². The summed E-state index contributed by atoms with van der Waals surface area (Å²) in [6.45, 7) is 2.28. The normalized spacial score (nSPS) is 27.6. The average Bonchev–Trinajstić information content (AvgIpc) is 2.69. The van der Waals surface area contributed by atoms with Gasteiger partial charge in [-0.1, -0.05) is 12.1 Å². The topological polar surface area (TPSA) is 41.6 Å². The number of nitrogens with zero attached hydrogens (tertiary/aromatic N) is 1. The molecule has 1 N–H and O–H groups in total. The van der Waals surface area contributed by atoms with Crippen LogP contribution >= 0.6 is 15.9 Å². The van der Waals surface area contributed by atoms with Gasteiger partial charge in [0.1, 0.15) is 6.61 Å². The van der Waals surface area contributed by atoms with Crippen LogP contribution in [0.25, 0.3) is 0 Å². The predicted octanol–water partition coefficient (Wildman–Crippen LogP) is 2.53. The van der Waals surface area contributed by atoms with E-state index in [0.29, 0.717) is 6.61 Å². The molecule has 1 spiro atoms. The molecule has 2 saturated heterocycles. The minimum Gasteiger partial charge on any atom is -0.447 e. The first-order valence-electron chi connectivity index (χ1n) is 6.15. The van der Waals surface area contributed by atoms with Crippen molar-refractivity contribution in [2.75, 3.05) is 24.6 Å². The monoisotopic (exact) mass is 310 g/mol. The third-order valence-electron chi connectivity index (χ3n) is 3.66. The number of ether oxygens (including phenoxy) is 1. The summed E-state index contributed by atoms with van der Waals surface area (Å²) in [5.74, 6) is 0. The number of benzene rings is 1. The summed E-state index contributed by atoms with van der Waals surface area (Å²) in [4.78, 5) is 13.9. The van der Waals surface area contributed by atoms with E-state index in [1.807, 2.05) is 29.2 Å². The van der Waals surface area contributed by atoms with Gasteiger partial charge in [0.15, 0.2) is 0 Å². The van der Waals surface area contributed by atoms with E-state index in [1.165, 1.54) is 0 Å². The van der Waals surface area contributed by atoms with E-state index >= 15 is 0 Å². The number of cyclic esters (lactones) is 1. The van der Waals surface area contributed by atoms with Gasteiger partial charge in [-0.2, -0.15) is 0 Å². The lowest BCUT2D eigenvalue weighted by atomic mass is 9.89. The van der Waals surface area contributed by atoms with Gasteiger partial charge in [0.05, 0.1) is 11.2 Å². The van der Waals surface area contributed by atoms with Crippen molar-refractivity contribution in [1.29, 1.82) is 0 Å². The van der Waals surface area contributed by atoms with Crippen LogP contribution in [0.15, 0.2) is 28.7 Å². The lowest BCUT2D eigenvalue weighted by Gasteiger charge is -2.39. The zero-order chi connectivity index (χ0) is 12.6. The molecule has 2 aliphatic heterocycles. The highest BCUT2D eigenvalue weighted by molar-refractivity contribution is 9.10. The predicted molar refractivity (Wildman–Crippen MR) is 72.8 cm³/mol. The van der Waals surface area contributed by atoms with Crippen LogP contribution < -0.4 is 10.2 Å². The van der Waals surface area contributed by atoms with Crippen molar-refractivity contribution in [2.24, 2.45) is 0 Å². The number of halogens is 1. The standard InChI is InChI=1S/C13H15BrN2O2/c14-10-4-1-2-5-11(10)16-12(17)18-9-13(16)6-3-7-15-8-13/h1-2,4-5,15H,3,6-9H2. The number of rotatable bonds is 1. The molecule has 0 saturated carbocycles. The third-order valence-corrected chi connectivity index (χ3v) is 4.33. The zero-order valence-corrected chi connectivity index (χ0v) is 11.6. The fraction of sp³-hybridized carbons (Fsp3) is 0.462. The fourth-order valence-electron chi connectivity index (χ4n) is 2.77. The molecule has 0 bridgehead atoms. The lowest BCUT2D eigenvalue weighted by Crippen LogP contribution is -2.57. The third kappa shape index (κ3) is 1.82. The van der Waals surface area contributed by atoms with Gasteiger partial charge in [0.2, 0.25) is 0 Å². The number of carbonyl (C=O) groups is 1. The molecule has 2 aliphatic rings. The largest absolute Gasteiger partial charge is 0.447 e. The molecule has 0 aromatic heterocycles. The summed E-state index contributed by atoms with van der Waals surface area (Å²) in [6, 6.07) is 7.79. The Morgan fingerprint density at radius 2 is 2.22 bits per heavy atom. The van der Waals surface area contributed by atoms with Crippen LogP contribution in [0.3, 0.4) is 0 Å². The summed E-state index contributed by atoms with van der Waals surface area (Å²) in [6.07, 6.45) is 1.80. The summed E-state index contributed by atoms with van der Waals surface area (Å²) < 4.78 is 6.22. The van der Waals surface area contributed by atoms with Gasteiger partial charge in [-0.15, -0.1) is 0 Å². The van der Waals surface area contributed by atoms with Crippen LogP contribution in [-0.4, -0.2) is 31.3 Å². The molecule has 96 valence electrons. The van der Waals surface area contributed by atoms with Crippen LogP contribution in [0.2, 0.25) is 0 Å². The van der Waals surface area contributed by atoms with Gasteiger partial charge in [0.25, 0.3) is 0 Å². The molecule has 1 aromatic rings. The first kappa shape index (κ1) is 12.0. The number of nitrogens with one attached hydrogen (secondary N) is 1. The van der Waals surface area contributed by atoms with Crippen molar-refractivity contribution in [3.05, 3.63) is 28.7 Å². The van der Waals surface area contributed by atoms with E-state index in [2.05, 4.69) is 21.2 Å². The Bertz CT molecular complexity index is 472. The number of para-hydroxylation sites is 1. The molecule has 0 aliphatic carbocycles. The van der Waals surface area contributed by atoms with Crippen molar-refractivity contribution >= 4 is 27.7 Å². The van der Waals surface area contributed by atoms with Gasteiger partial charge in [-0.3, -0.25) is 4.90 Å². The maximum atomic E-state index is 12.1. The van der Waals surface area contributed by atoms with Crippen molar-refractivity contribution in [3.63, 3.8) is 0 Å². The van der Waals surface area contributed by atoms with Gasteiger partial charge < -0.3 is 10.1 Å². The van der Waals surface area contributed by atoms with E-state index in [9.17, 15) is 4.79 Å². The second-order valence-electron chi connectivity index (χ2n) is 4.85. The molecule has 1 unspecified atom stereocenters. The van der Waals surface area contributed by atoms with E-state index in [0.717, 1.165) is 36.1 Å². The fourth-order valence-corrected chi connectivity index (χ4v) is 3.23. The molecular formula is C13H15BrN2O2. The van der Waals surface area contributed by atoms with Gasteiger partial charge in [-0.05, 0) is 47.4 Å². The highest BCUT2D eigenvalue weighted by Gasteiger charge is 2.49. The van der Waals surface area contributed by atoms with Gasteiger partial charge >= 0.3 is 6.09 Å². The summed E-state index contributed by atoms with van der Waals surface area (Å²) in [5.41, 5.74) is 0.669. The quantitative estimate of drug-likeness (QED) is 0.866. The first-order chi connectivity index (χ1) is 8.73. The summed E-state index contributed by atoms with van der Waals surface area (Å²) >= 11 is 3.51. The Morgan fingerprint density at radius 1 is 1.39 bits per heavy atom. The Morgan fingerprint density at radius 3 is 2.94 bits per heavy atom. The molecule has 1 amide bonds. The average molecular weight is 311 g/mol. The Balaban J connectivity index is 2.02. The summed E-state index contributed by atoms with van der Waals surface area (Å²) in [5, 5.41) is 3.37. The van der Waals surface area contributed by atoms with Crippen LogP contribution in [0.4, 0.5) is 10.5 Å². The number of hydrogen-bond acceptors (Lipinski definition) is 3. The molecule has 1 aromatic carbocycles. The second kappa shape index (κ2) is 4.55. The minimum atomic E-state index is -0.245. The van der Waals surface area contributed by atoms with Crippen LogP contribution in [0.1, 0.15) is 12.8 Å². The van der Waals surface area contributed by atoms with E-state index in [-0.39, 0.29) is 11.6 Å². The van der Waals surface area contributed by atoms with Gasteiger partial charge in [-0.25, -0.2) is 4.79 Å². The molecule has 3 rings (SSSR count). The molecule has 4 nitrogen and oxygen atoms in total. The van der Waals surface area contributed by atoms with E-state index in [1.54, 1.807) is 0 Å². The SMILES string of the molecule is O=C1OCC2(CCCNC2)N1c1ccccc1Br. The number of carbonyl (C=O) groups excluding carboxylic acids is 1. The zero-order valence-electron chi connectivity index (χ0n) is 9.99. The molecule has 2 heterocycles. The van der Waals surface area contributed by atoms with Crippen molar-refractivity contribution in [2.45, 2.75) is 18.4 Å².